The van der Waals surface area contributed by atoms with Gasteiger partial charge in [-0.15, -0.1) is 0 Å². The Morgan fingerprint density at radius 2 is 1.95 bits per heavy atom. The number of ether oxygens (including phenoxy) is 2. The fourth-order valence-corrected chi connectivity index (χ4v) is 1.83. The Balaban J connectivity index is 2.31. The maximum Gasteiger partial charge on any atom is 0.306 e. The predicted molar refractivity (Wildman–Crippen MR) is 79.2 cm³/mol. The van der Waals surface area contributed by atoms with Crippen molar-refractivity contribution >= 4 is 5.97 Å². The molecule has 118 valence electrons. The van der Waals surface area contributed by atoms with E-state index in [1.807, 2.05) is 31.2 Å². The Morgan fingerprint density at radius 1 is 1.19 bits per heavy atom. The fraction of sp³-hybridized carbons (Fsp3) is 0.562. The Bertz CT molecular complexity index is 419. The van der Waals surface area contributed by atoms with Crippen molar-refractivity contribution in [3.05, 3.63) is 29.8 Å². The molecule has 1 rings (SSSR count). The van der Waals surface area contributed by atoms with E-state index < -0.39 is 6.10 Å². The molecule has 0 amide bonds. The van der Waals surface area contributed by atoms with Gasteiger partial charge in [0.05, 0.1) is 6.61 Å². The zero-order valence-corrected chi connectivity index (χ0v) is 12.5. The topological polar surface area (TPSA) is 76.0 Å². The van der Waals surface area contributed by atoms with Gasteiger partial charge in [-0.05, 0) is 31.4 Å². The van der Waals surface area contributed by atoms with Gasteiger partial charge in [0.15, 0.2) is 6.10 Å². The number of aliphatic hydroxyl groups is 2. The molecule has 0 radical (unpaired) electrons. The van der Waals surface area contributed by atoms with Crippen LogP contribution in [0.15, 0.2) is 24.3 Å². The number of benzene rings is 1. The van der Waals surface area contributed by atoms with E-state index in [1.165, 1.54) is 0 Å². The number of aryl methyl sites for hydroxylation is 1. The number of esters is 1. The molecule has 0 aliphatic heterocycles. The van der Waals surface area contributed by atoms with Gasteiger partial charge < -0.3 is 19.7 Å². The highest BCUT2D eigenvalue weighted by molar-refractivity contribution is 5.69. The van der Waals surface area contributed by atoms with Gasteiger partial charge in [-0.2, -0.15) is 0 Å². The summed E-state index contributed by atoms with van der Waals surface area (Å²) >= 11 is 0. The Hall–Kier alpha value is -1.59. The van der Waals surface area contributed by atoms with Crippen LogP contribution in [0.4, 0.5) is 0 Å². The van der Waals surface area contributed by atoms with Crippen molar-refractivity contribution in [2.75, 3.05) is 19.8 Å². The fourth-order valence-electron chi connectivity index (χ4n) is 1.83. The maximum atomic E-state index is 11.6. The minimum atomic E-state index is -0.657. The van der Waals surface area contributed by atoms with Crippen molar-refractivity contribution in [2.24, 2.45) is 0 Å². The van der Waals surface area contributed by atoms with Crippen molar-refractivity contribution in [1.29, 1.82) is 0 Å². The summed E-state index contributed by atoms with van der Waals surface area (Å²) in [5.41, 5.74) is 0.990. The first kappa shape index (κ1) is 17.5. The molecule has 5 nitrogen and oxygen atoms in total. The Morgan fingerprint density at radius 3 is 2.62 bits per heavy atom. The summed E-state index contributed by atoms with van der Waals surface area (Å²) in [6.45, 7) is 1.92. The smallest absolute Gasteiger partial charge is 0.306 e. The molecule has 5 heteroatoms. The van der Waals surface area contributed by atoms with Crippen molar-refractivity contribution in [3.63, 3.8) is 0 Å². The first-order valence-corrected chi connectivity index (χ1v) is 7.27. The van der Waals surface area contributed by atoms with Crippen LogP contribution < -0.4 is 4.74 Å². The molecule has 0 heterocycles. The summed E-state index contributed by atoms with van der Waals surface area (Å²) in [5, 5.41) is 17.9. The van der Waals surface area contributed by atoms with Crippen LogP contribution in [-0.2, 0) is 9.53 Å². The normalized spacial score (nSPS) is 12.0. The lowest BCUT2D eigenvalue weighted by Gasteiger charge is -2.17. The average Bonchev–Trinajstić information content (AvgIpc) is 2.49. The van der Waals surface area contributed by atoms with E-state index in [0.717, 1.165) is 17.7 Å². The van der Waals surface area contributed by atoms with E-state index in [9.17, 15) is 9.90 Å². The molecular formula is C16H24O5. The summed E-state index contributed by atoms with van der Waals surface area (Å²) in [4.78, 5) is 11.6. The number of hydrogen-bond acceptors (Lipinski definition) is 5. The van der Waals surface area contributed by atoms with Gasteiger partial charge in [0, 0.05) is 13.0 Å². The molecule has 0 aliphatic rings. The molecule has 0 spiro atoms. The monoisotopic (exact) mass is 296 g/mol. The lowest BCUT2D eigenvalue weighted by atomic mass is 10.2. The van der Waals surface area contributed by atoms with E-state index in [1.54, 1.807) is 0 Å². The minimum Gasteiger partial charge on any atom is -0.489 e. The van der Waals surface area contributed by atoms with Gasteiger partial charge in [0.2, 0.25) is 0 Å². The van der Waals surface area contributed by atoms with Crippen molar-refractivity contribution in [3.8, 4) is 5.75 Å². The van der Waals surface area contributed by atoms with E-state index in [0.29, 0.717) is 19.3 Å². The summed E-state index contributed by atoms with van der Waals surface area (Å²) in [6, 6.07) is 7.54. The number of para-hydroxylation sites is 1. The zero-order chi connectivity index (χ0) is 15.5. The number of unbranched alkanes of at least 4 members (excludes halogenated alkanes) is 2. The second kappa shape index (κ2) is 10.2. The average molecular weight is 296 g/mol. The Labute approximate surface area is 125 Å². The highest BCUT2D eigenvalue weighted by Gasteiger charge is 2.14. The van der Waals surface area contributed by atoms with Crippen molar-refractivity contribution in [2.45, 2.75) is 38.7 Å². The van der Waals surface area contributed by atoms with Crippen LogP contribution in [0.1, 0.15) is 31.2 Å². The highest BCUT2D eigenvalue weighted by Crippen LogP contribution is 2.16. The quantitative estimate of drug-likeness (QED) is 0.509. The first-order valence-electron chi connectivity index (χ1n) is 7.27. The van der Waals surface area contributed by atoms with Crippen LogP contribution in [0, 0.1) is 6.92 Å². The van der Waals surface area contributed by atoms with Gasteiger partial charge in [-0.1, -0.05) is 24.6 Å². The molecule has 0 saturated carbocycles. The number of hydrogen-bond donors (Lipinski definition) is 2. The zero-order valence-electron chi connectivity index (χ0n) is 12.5. The van der Waals surface area contributed by atoms with Crippen LogP contribution in [0.3, 0.4) is 0 Å². The third kappa shape index (κ3) is 7.11. The Kier molecular flexibility index (Phi) is 8.47. The first-order chi connectivity index (χ1) is 10.2. The van der Waals surface area contributed by atoms with Crippen LogP contribution in [0.5, 0.6) is 5.75 Å². The lowest BCUT2D eigenvalue weighted by Crippen LogP contribution is -2.28. The van der Waals surface area contributed by atoms with Crippen LogP contribution in [0.25, 0.3) is 0 Å². The third-order valence-electron chi connectivity index (χ3n) is 3.06. The molecular weight excluding hydrogens is 272 g/mol. The largest absolute Gasteiger partial charge is 0.489 e. The predicted octanol–water partition coefficient (Wildman–Crippen LogP) is 1.83. The van der Waals surface area contributed by atoms with Crippen LogP contribution in [0.2, 0.25) is 0 Å². The number of rotatable bonds is 10. The third-order valence-corrected chi connectivity index (χ3v) is 3.06. The van der Waals surface area contributed by atoms with Gasteiger partial charge in [-0.25, -0.2) is 0 Å². The molecule has 0 aliphatic carbocycles. The lowest BCUT2D eigenvalue weighted by molar-refractivity contribution is -0.153. The standard InChI is InChI=1S/C16H24O5/c1-13-7-4-5-8-15(13)20-12-14(11-18)21-16(19)9-3-2-6-10-17/h4-5,7-8,14,17-18H,2-3,6,9-12H2,1H3. The van der Waals surface area contributed by atoms with Crippen molar-refractivity contribution < 1.29 is 24.5 Å². The molecule has 1 aromatic carbocycles. The number of carbonyl (C=O) groups excluding carboxylic acids is 1. The highest BCUT2D eigenvalue weighted by atomic mass is 16.6. The molecule has 0 saturated heterocycles. The summed E-state index contributed by atoms with van der Waals surface area (Å²) in [6.07, 6.45) is 1.79. The second-order valence-electron chi connectivity index (χ2n) is 4.91. The number of aliphatic hydroxyl groups excluding tert-OH is 2. The molecule has 0 fully saturated rings. The van der Waals surface area contributed by atoms with E-state index in [-0.39, 0.29) is 25.8 Å². The molecule has 1 aromatic rings. The minimum absolute atomic E-state index is 0.129. The van der Waals surface area contributed by atoms with Crippen molar-refractivity contribution in [1.82, 2.24) is 0 Å². The van der Waals surface area contributed by atoms with Gasteiger partial charge >= 0.3 is 5.97 Å². The summed E-state index contributed by atoms with van der Waals surface area (Å²) < 4.78 is 10.7. The molecule has 2 N–H and O–H groups in total. The van der Waals surface area contributed by atoms with Gasteiger partial charge in [0.1, 0.15) is 12.4 Å². The SMILES string of the molecule is Cc1ccccc1OCC(CO)OC(=O)CCCCCO. The molecule has 1 atom stereocenters. The summed E-state index contributed by atoms with van der Waals surface area (Å²) in [7, 11) is 0. The molecule has 0 bridgehead atoms. The van der Waals surface area contributed by atoms with Gasteiger partial charge in [0.25, 0.3) is 0 Å². The summed E-state index contributed by atoms with van der Waals surface area (Å²) in [5.74, 6) is 0.371. The molecule has 1 unspecified atom stereocenters. The molecule has 21 heavy (non-hydrogen) atoms. The van der Waals surface area contributed by atoms with E-state index >= 15 is 0 Å². The second-order valence-corrected chi connectivity index (χ2v) is 4.91. The van der Waals surface area contributed by atoms with Crippen LogP contribution in [-0.4, -0.2) is 42.1 Å². The number of carbonyl (C=O) groups is 1. The van der Waals surface area contributed by atoms with Gasteiger partial charge in [-0.3, -0.25) is 4.79 Å². The maximum absolute atomic E-state index is 11.6. The van der Waals surface area contributed by atoms with E-state index in [4.69, 9.17) is 14.6 Å². The molecule has 0 aromatic heterocycles. The van der Waals surface area contributed by atoms with Crippen LogP contribution >= 0.6 is 0 Å². The van der Waals surface area contributed by atoms with E-state index in [2.05, 4.69) is 0 Å².